The van der Waals surface area contributed by atoms with E-state index in [1.807, 2.05) is 36.1 Å². The number of oxazole rings is 1. The Morgan fingerprint density at radius 3 is 2.67 bits per heavy atom. The van der Waals surface area contributed by atoms with Crippen molar-refractivity contribution >= 4 is 34.8 Å². The average molecular weight is 488 g/mol. The van der Waals surface area contributed by atoms with E-state index in [2.05, 4.69) is 16.0 Å². The first kappa shape index (κ1) is 23.5. The lowest BCUT2D eigenvalue weighted by molar-refractivity contribution is -0.130. The van der Waals surface area contributed by atoms with E-state index in [-0.39, 0.29) is 5.91 Å². The molecule has 0 aliphatic carbocycles. The SMILES string of the molecule is COc1cc(N2CCCN(C(=O)CCc3ccc(Cl)c(Cl)c3)CC2)ccc1-c1cnc(C)o1. The molecule has 0 unspecified atom stereocenters. The zero-order valence-electron chi connectivity index (χ0n) is 18.8. The predicted molar refractivity (Wildman–Crippen MR) is 131 cm³/mol. The fraction of sp³-hybridized carbons (Fsp3) is 0.360. The van der Waals surface area contributed by atoms with Crippen molar-refractivity contribution in [1.82, 2.24) is 9.88 Å². The molecule has 2 aromatic carbocycles. The summed E-state index contributed by atoms with van der Waals surface area (Å²) in [6, 6.07) is 11.6. The molecule has 8 heteroatoms. The largest absolute Gasteiger partial charge is 0.496 e. The zero-order chi connectivity index (χ0) is 23.4. The third-order valence-electron chi connectivity index (χ3n) is 5.90. The molecule has 6 nitrogen and oxygen atoms in total. The van der Waals surface area contributed by atoms with Crippen molar-refractivity contribution < 1.29 is 13.9 Å². The van der Waals surface area contributed by atoms with Crippen LogP contribution >= 0.6 is 23.2 Å². The molecule has 0 saturated carbocycles. The van der Waals surface area contributed by atoms with E-state index in [0.29, 0.717) is 41.1 Å². The van der Waals surface area contributed by atoms with Crippen LogP contribution in [0.5, 0.6) is 5.75 Å². The molecular weight excluding hydrogens is 461 g/mol. The molecule has 4 rings (SSSR count). The van der Waals surface area contributed by atoms with E-state index in [1.54, 1.807) is 19.4 Å². The fourth-order valence-electron chi connectivity index (χ4n) is 4.10. The highest BCUT2D eigenvalue weighted by Crippen LogP contribution is 2.34. The van der Waals surface area contributed by atoms with Gasteiger partial charge in [0.2, 0.25) is 5.91 Å². The van der Waals surface area contributed by atoms with Gasteiger partial charge in [-0.3, -0.25) is 4.79 Å². The molecule has 3 aromatic rings. The monoisotopic (exact) mass is 487 g/mol. The van der Waals surface area contributed by atoms with Crippen LogP contribution in [0.2, 0.25) is 10.0 Å². The molecule has 1 aliphatic rings. The summed E-state index contributed by atoms with van der Waals surface area (Å²) in [5, 5.41) is 1.05. The fourth-order valence-corrected chi connectivity index (χ4v) is 4.42. The lowest BCUT2D eigenvalue weighted by Crippen LogP contribution is -2.35. The van der Waals surface area contributed by atoms with Gasteiger partial charge in [0.1, 0.15) is 5.75 Å². The number of aryl methyl sites for hydroxylation is 2. The molecule has 0 spiro atoms. The van der Waals surface area contributed by atoms with Gasteiger partial charge in [-0.1, -0.05) is 29.3 Å². The van der Waals surface area contributed by atoms with Gasteiger partial charge in [0.25, 0.3) is 0 Å². The van der Waals surface area contributed by atoms with Crippen molar-refractivity contribution in [3.05, 3.63) is 64.1 Å². The molecule has 1 saturated heterocycles. The maximum absolute atomic E-state index is 12.8. The second-order valence-corrected chi connectivity index (χ2v) is 8.91. The Bertz CT molecular complexity index is 1130. The lowest BCUT2D eigenvalue weighted by Gasteiger charge is -2.24. The van der Waals surface area contributed by atoms with E-state index in [4.69, 9.17) is 32.4 Å². The summed E-state index contributed by atoms with van der Waals surface area (Å²) >= 11 is 12.1. The third-order valence-corrected chi connectivity index (χ3v) is 6.64. The third kappa shape index (κ3) is 5.63. The van der Waals surface area contributed by atoms with Gasteiger partial charge in [0.15, 0.2) is 11.7 Å². The first-order chi connectivity index (χ1) is 15.9. The van der Waals surface area contributed by atoms with E-state index in [1.165, 1.54) is 0 Å². The van der Waals surface area contributed by atoms with Crippen molar-refractivity contribution in [3.8, 4) is 17.1 Å². The quantitative estimate of drug-likeness (QED) is 0.450. The van der Waals surface area contributed by atoms with Crippen LogP contribution in [-0.2, 0) is 11.2 Å². The Labute approximate surface area is 204 Å². The van der Waals surface area contributed by atoms with Gasteiger partial charge in [-0.25, -0.2) is 4.98 Å². The number of methoxy groups -OCH3 is 1. The number of carbonyl (C=O) groups is 1. The number of nitrogens with zero attached hydrogens (tertiary/aromatic N) is 3. The van der Waals surface area contributed by atoms with Crippen molar-refractivity contribution in [2.24, 2.45) is 0 Å². The molecule has 1 aliphatic heterocycles. The van der Waals surface area contributed by atoms with Gasteiger partial charge in [-0.05, 0) is 42.7 Å². The van der Waals surface area contributed by atoms with Gasteiger partial charge in [-0.15, -0.1) is 0 Å². The summed E-state index contributed by atoms with van der Waals surface area (Å²) in [6.45, 7) is 4.90. The normalized spacial score (nSPS) is 14.3. The number of hydrogen-bond acceptors (Lipinski definition) is 5. The van der Waals surface area contributed by atoms with Crippen molar-refractivity contribution in [2.45, 2.75) is 26.2 Å². The van der Waals surface area contributed by atoms with Crippen LogP contribution in [0.4, 0.5) is 5.69 Å². The zero-order valence-corrected chi connectivity index (χ0v) is 20.3. The number of aromatic nitrogens is 1. The second kappa shape index (κ2) is 10.5. The van der Waals surface area contributed by atoms with Crippen molar-refractivity contribution in [2.75, 3.05) is 38.2 Å². The maximum Gasteiger partial charge on any atom is 0.222 e. The highest BCUT2D eigenvalue weighted by molar-refractivity contribution is 6.42. The Morgan fingerprint density at radius 2 is 1.94 bits per heavy atom. The lowest BCUT2D eigenvalue weighted by atomic mass is 10.1. The Hall–Kier alpha value is -2.70. The van der Waals surface area contributed by atoms with Crippen LogP contribution in [0.1, 0.15) is 24.3 Å². The standard InChI is InChI=1S/C25H27Cl2N3O3/c1-17-28-16-24(33-17)20-7-6-19(15-23(20)32-2)29-10-3-11-30(13-12-29)25(31)9-5-18-4-8-21(26)22(27)14-18/h4,6-8,14-16H,3,5,9-13H2,1-2H3. The van der Waals surface area contributed by atoms with Crippen LogP contribution in [0.3, 0.4) is 0 Å². The summed E-state index contributed by atoms with van der Waals surface area (Å²) < 4.78 is 11.3. The van der Waals surface area contributed by atoms with E-state index >= 15 is 0 Å². The minimum atomic E-state index is 0.163. The number of amides is 1. The van der Waals surface area contributed by atoms with Crippen LogP contribution in [0.25, 0.3) is 11.3 Å². The first-order valence-corrected chi connectivity index (χ1v) is 11.8. The topological polar surface area (TPSA) is 58.8 Å². The molecule has 1 aromatic heterocycles. The van der Waals surface area contributed by atoms with Gasteiger partial charge < -0.3 is 19.0 Å². The number of rotatable bonds is 6. The predicted octanol–water partition coefficient (Wildman–Crippen LogP) is 5.64. The number of hydrogen-bond donors (Lipinski definition) is 0. The molecule has 0 bridgehead atoms. The Balaban J connectivity index is 1.38. The molecule has 174 valence electrons. The summed E-state index contributed by atoms with van der Waals surface area (Å²) in [7, 11) is 1.66. The highest BCUT2D eigenvalue weighted by atomic mass is 35.5. The van der Waals surface area contributed by atoms with E-state index < -0.39 is 0 Å². The molecule has 0 N–H and O–H groups in total. The number of benzene rings is 2. The van der Waals surface area contributed by atoms with Gasteiger partial charge in [0, 0.05) is 51.3 Å². The molecule has 33 heavy (non-hydrogen) atoms. The molecule has 2 heterocycles. The average Bonchev–Trinajstić information content (AvgIpc) is 3.10. The summed E-state index contributed by atoms with van der Waals surface area (Å²) in [5.74, 6) is 2.21. The van der Waals surface area contributed by atoms with Gasteiger partial charge in [0.05, 0.1) is 28.9 Å². The molecule has 1 amide bonds. The summed E-state index contributed by atoms with van der Waals surface area (Å²) in [4.78, 5) is 21.3. The Kier molecular flexibility index (Phi) is 7.46. The minimum Gasteiger partial charge on any atom is -0.496 e. The molecule has 1 fully saturated rings. The smallest absolute Gasteiger partial charge is 0.222 e. The molecule has 0 radical (unpaired) electrons. The first-order valence-electron chi connectivity index (χ1n) is 11.0. The number of halogens is 2. The molecule has 0 atom stereocenters. The summed E-state index contributed by atoms with van der Waals surface area (Å²) in [6.07, 6.45) is 3.72. The van der Waals surface area contributed by atoms with Crippen LogP contribution in [0.15, 0.2) is 47.0 Å². The van der Waals surface area contributed by atoms with Gasteiger partial charge >= 0.3 is 0 Å². The van der Waals surface area contributed by atoms with Gasteiger partial charge in [-0.2, -0.15) is 0 Å². The summed E-state index contributed by atoms with van der Waals surface area (Å²) in [5.41, 5.74) is 2.95. The highest BCUT2D eigenvalue weighted by Gasteiger charge is 2.21. The minimum absolute atomic E-state index is 0.163. The number of carbonyl (C=O) groups excluding carboxylic acids is 1. The maximum atomic E-state index is 12.8. The van der Waals surface area contributed by atoms with E-state index in [9.17, 15) is 4.79 Å². The number of ether oxygens (including phenoxy) is 1. The Morgan fingerprint density at radius 1 is 1.09 bits per heavy atom. The van der Waals surface area contributed by atoms with Crippen molar-refractivity contribution in [3.63, 3.8) is 0 Å². The van der Waals surface area contributed by atoms with Crippen LogP contribution in [0, 0.1) is 6.92 Å². The van der Waals surface area contributed by atoms with Crippen LogP contribution < -0.4 is 9.64 Å². The number of anilines is 1. The molecular formula is C25H27Cl2N3O3. The van der Waals surface area contributed by atoms with E-state index in [0.717, 1.165) is 48.6 Å². The second-order valence-electron chi connectivity index (χ2n) is 8.10. The van der Waals surface area contributed by atoms with Crippen LogP contribution in [-0.4, -0.2) is 49.1 Å². The van der Waals surface area contributed by atoms with Crippen molar-refractivity contribution in [1.29, 1.82) is 0 Å².